The molecule has 8 nitrogen and oxygen atoms in total. The van der Waals surface area contributed by atoms with E-state index >= 15 is 0 Å². The number of amides is 1. The molecule has 1 saturated heterocycles. The number of carbonyl (C=O) groups is 1. The summed E-state index contributed by atoms with van der Waals surface area (Å²) in [4.78, 5) is 23.8. The number of nitrogens with zero attached hydrogens (tertiary/aromatic N) is 5. The molecule has 2 N–H and O–H groups in total. The Morgan fingerprint density at radius 1 is 1.24 bits per heavy atom. The second kappa shape index (κ2) is 6.12. The number of rotatable bonds is 3. The highest BCUT2D eigenvalue weighted by molar-refractivity contribution is 5.97. The minimum Gasteiger partial charge on any atom is -0.373 e. The van der Waals surface area contributed by atoms with Crippen LogP contribution in [0.4, 0.5) is 5.82 Å². The zero-order valence-corrected chi connectivity index (χ0v) is 14.2. The van der Waals surface area contributed by atoms with Gasteiger partial charge in [-0.25, -0.2) is 9.97 Å². The van der Waals surface area contributed by atoms with Gasteiger partial charge in [0.1, 0.15) is 22.7 Å². The molecule has 3 aromatic rings. The van der Waals surface area contributed by atoms with E-state index in [1.54, 1.807) is 12.1 Å². The van der Waals surface area contributed by atoms with Crippen LogP contribution in [0.3, 0.4) is 0 Å². The number of anilines is 1. The van der Waals surface area contributed by atoms with Gasteiger partial charge < -0.3 is 10.2 Å². The lowest BCUT2D eigenvalue weighted by Gasteiger charge is -2.25. The Kier molecular flexibility index (Phi) is 3.79. The summed E-state index contributed by atoms with van der Waals surface area (Å²) in [6, 6.07) is 7.28. The third kappa shape index (κ3) is 2.79. The predicted molar refractivity (Wildman–Crippen MR) is 93.2 cm³/mol. The lowest BCUT2D eigenvalue weighted by atomic mass is 10.1. The number of fused-ring (bicyclic) bond motifs is 1. The Morgan fingerprint density at radius 2 is 2.08 bits per heavy atom. The van der Waals surface area contributed by atoms with E-state index in [4.69, 9.17) is 0 Å². The van der Waals surface area contributed by atoms with Crippen LogP contribution in [0.5, 0.6) is 0 Å². The standard InChI is InChI=1S/C17H19N7O/c1-10-19-14(9-16(18-2)20-10)15-4-3-7-24(15)17(25)11-5-6-12-13(8-11)22-23-21-12/h5-6,8-9,15H,3-4,7H2,1-2H3,(H,18,19,20)(H,21,22,23). The van der Waals surface area contributed by atoms with Crippen LogP contribution in [0, 0.1) is 6.92 Å². The van der Waals surface area contributed by atoms with Gasteiger partial charge >= 0.3 is 0 Å². The maximum Gasteiger partial charge on any atom is 0.254 e. The van der Waals surface area contributed by atoms with Crippen molar-refractivity contribution in [3.8, 4) is 0 Å². The summed E-state index contributed by atoms with van der Waals surface area (Å²) in [7, 11) is 1.83. The van der Waals surface area contributed by atoms with Gasteiger partial charge in [0, 0.05) is 25.2 Å². The molecule has 3 heterocycles. The third-order valence-corrected chi connectivity index (χ3v) is 4.53. The molecule has 0 aliphatic carbocycles. The van der Waals surface area contributed by atoms with Gasteiger partial charge in [-0.1, -0.05) is 0 Å². The van der Waals surface area contributed by atoms with Crippen LogP contribution >= 0.6 is 0 Å². The molecule has 2 aromatic heterocycles. The number of aryl methyl sites for hydroxylation is 1. The topological polar surface area (TPSA) is 99.7 Å². The first-order chi connectivity index (χ1) is 12.2. The molecule has 128 valence electrons. The van der Waals surface area contributed by atoms with Crippen molar-refractivity contribution in [3.63, 3.8) is 0 Å². The van der Waals surface area contributed by atoms with Crippen LogP contribution in [0.25, 0.3) is 11.0 Å². The quantitative estimate of drug-likeness (QED) is 0.759. The first kappa shape index (κ1) is 15.5. The van der Waals surface area contributed by atoms with E-state index in [0.29, 0.717) is 16.9 Å². The van der Waals surface area contributed by atoms with E-state index in [9.17, 15) is 4.79 Å². The maximum absolute atomic E-state index is 13.0. The van der Waals surface area contributed by atoms with E-state index in [1.807, 2.05) is 31.0 Å². The molecule has 0 bridgehead atoms. The van der Waals surface area contributed by atoms with Crippen molar-refractivity contribution in [2.24, 2.45) is 0 Å². The summed E-state index contributed by atoms with van der Waals surface area (Å²) >= 11 is 0. The van der Waals surface area contributed by atoms with Crippen LogP contribution in [0.2, 0.25) is 0 Å². The second-order valence-corrected chi connectivity index (χ2v) is 6.16. The van der Waals surface area contributed by atoms with Gasteiger partial charge in [-0.15, -0.1) is 0 Å². The second-order valence-electron chi connectivity index (χ2n) is 6.16. The summed E-state index contributed by atoms with van der Waals surface area (Å²) in [6.07, 6.45) is 1.86. The number of nitrogens with one attached hydrogen (secondary N) is 2. The van der Waals surface area contributed by atoms with E-state index < -0.39 is 0 Å². The molecule has 0 spiro atoms. The highest BCUT2D eigenvalue weighted by atomic mass is 16.2. The summed E-state index contributed by atoms with van der Waals surface area (Å²) < 4.78 is 0. The molecule has 1 unspecified atom stereocenters. The number of aromatic nitrogens is 5. The normalized spacial score (nSPS) is 17.2. The molecule has 1 aromatic carbocycles. The molecular weight excluding hydrogens is 318 g/mol. The summed E-state index contributed by atoms with van der Waals surface area (Å²) in [6.45, 7) is 2.59. The van der Waals surface area contributed by atoms with Gasteiger partial charge in [0.15, 0.2) is 0 Å². The Hall–Kier alpha value is -3.03. The first-order valence-corrected chi connectivity index (χ1v) is 8.30. The molecule has 0 saturated carbocycles. The van der Waals surface area contributed by atoms with Crippen molar-refractivity contribution in [1.82, 2.24) is 30.3 Å². The molecule has 1 aliphatic rings. The number of likely N-dealkylation sites (tertiary alicyclic amines) is 1. The minimum absolute atomic E-state index is 0.00493. The molecule has 1 fully saturated rings. The first-order valence-electron chi connectivity index (χ1n) is 8.30. The molecule has 0 radical (unpaired) electrons. The monoisotopic (exact) mass is 337 g/mol. The fraction of sp³-hybridized carbons (Fsp3) is 0.353. The molecule has 1 aliphatic heterocycles. The molecular formula is C17H19N7O. The average Bonchev–Trinajstić information content (AvgIpc) is 3.28. The van der Waals surface area contributed by atoms with E-state index in [2.05, 4.69) is 30.7 Å². The predicted octanol–water partition coefficient (Wildman–Crippen LogP) is 2.08. The van der Waals surface area contributed by atoms with Gasteiger partial charge in [-0.2, -0.15) is 15.4 Å². The molecule has 1 amide bonds. The number of hydrogen-bond acceptors (Lipinski definition) is 6. The number of carbonyl (C=O) groups excluding carboxylic acids is 1. The van der Waals surface area contributed by atoms with Gasteiger partial charge in [0.2, 0.25) is 0 Å². The van der Waals surface area contributed by atoms with E-state index in [-0.39, 0.29) is 11.9 Å². The van der Waals surface area contributed by atoms with Crippen LogP contribution in [0.15, 0.2) is 24.3 Å². The number of benzene rings is 1. The number of aromatic amines is 1. The van der Waals surface area contributed by atoms with Crippen LogP contribution in [0.1, 0.15) is 40.8 Å². The fourth-order valence-corrected chi connectivity index (χ4v) is 3.35. The lowest BCUT2D eigenvalue weighted by molar-refractivity contribution is 0.0733. The Balaban J connectivity index is 1.66. The molecule has 25 heavy (non-hydrogen) atoms. The smallest absolute Gasteiger partial charge is 0.254 e. The van der Waals surface area contributed by atoms with Crippen molar-refractivity contribution in [2.45, 2.75) is 25.8 Å². The van der Waals surface area contributed by atoms with Crippen molar-refractivity contribution in [2.75, 3.05) is 18.9 Å². The van der Waals surface area contributed by atoms with E-state index in [1.165, 1.54) is 0 Å². The van der Waals surface area contributed by atoms with Crippen molar-refractivity contribution < 1.29 is 4.79 Å². The van der Waals surface area contributed by atoms with Crippen LogP contribution in [-0.2, 0) is 0 Å². The number of hydrogen-bond donors (Lipinski definition) is 2. The van der Waals surface area contributed by atoms with Crippen molar-refractivity contribution in [1.29, 1.82) is 0 Å². The summed E-state index contributed by atoms with van der Waals surface area (Å²) in [5.41, 5.74) is 2.94. The van der Waals surface area contributed by atoms with Crippen molar-refractivity contribution >= 4 is 22.8 Å². The highest BCUT2D eigenvalue weighted by Crippen LogP contribution is 2.33. The van der Waals surface area contributed by atoms with Gasteiger partial charge in [0.05, 0.1) is 11.7 Å². The van der Waals surface area contributed by atoms with Gasteiger partial charge in [0.25, 0.3) is 5.91 Å². The van der Waals surface area contributed by atoms with Crippen molar-refractivity contribution in [3.05, 3.63) is 41.3 Å². The van der Waals surface area contributed by atoms with Crippen LogP contribution < -0.4 is 5.32 Å². The van der Waals surface area contributed by atoms with Gasteiger partial charge in [-0.05, 0) is 38.0 Å². The SMILES string of the molecule is CNc1cc(C2CCCN2C(=O)c2ccc3n[nH]nc3c2)nc(C)n1. The number of H-pyrrole nitrogens is 1. The lowest BCUT2D eigenvalue weighted by Crippen LogP contribution is -2.31. The zero-order valence-electron chi connectivity index (χ0n) is 14.2. The van der Waals surface area contributed by atoms with E-state index in [0.717, 1.165) is 36.4 Å². The molecule has 1 atom stereocenters. The summed E-state index contributed by atoms with van der Waals surface area (Å²) in [5.74, 6) is 1.46. The Morgan fingerprint density at radius 3 is 2.92 bits per heavy atom. The summed E-state index contributed by atoms with van der Waals surface area (Å²) in [5, 5.41) is 13.7. The third-order valence-electron chi connectivity index (χ3n) is 4.53. The Labute approximate surface area is 144 Å². The largest absolute Gasteiger partial charge is 0.373 e. The van der Waals surface area contributed by atoms with Gasteiger partial charge in [-0.3, -0.25) is 4.79 Å². The fourth-order valence-electron chi connectivity index (χ4n) is 3.35. The zero-order chi connectivity index (χ0) is 17.4. The minimum atomic E-state index is -0.0331. The molecule has 4 rings (SSSR count). The molecule has 8 heteroatoms. The Bertz CT molecular complexity index is 936. The maximum atomic E-state index is 13.0. The van der Waals surface area contributed by atoms with Crippen LogP contribution in [-0.4, -0.2) is 49.8 Å². The highest BCUT2D eigenvalue weighted by Gasteiger charge is 2.32. The average molecular weight is 337 g/mol.